The SMILES string of the molecule is Cc1cc(CN2CCCc3nc(NC(=O)C4CC45CC5)c(C)cc32)on1. The second kappa shape index (κ2) is 5.56. The first-order chi connectivity index (χ1) is 12.5. The topological polar surface area (TPSA) is 71.3 Å². The molecule has 26 heavy (non-hydrogen) atoms. The number of aryl methyl sites for hydroxylation is 3. The molecule has 0 radical (unpaired) electrons. The van der Waals surface area contributed by atoms with Crippen molar-refractivity contribution in [2.24, 2.45) is 11.3 Å². The van der Waals surface area contributed by atoms with Gasteiger partial charge in [-0.3, -0.25) is 4.79 Å². The Bertz CT molecular complexity index is 884. The van der Waals surface area contributed by atoms with Gasteiger partial charge >= 0.3 is 0 Å². The molecule has 1 amide bonds. The van der Waals surface area contributed by atoms with Crippen molar-refractivity contribution in [3.8, 4) is 0 Å². The van der Waals surface area contributed by atoms with Crippen LogP contribution in [0.2, 0.25) is 0 Å². The first-order valence-corrected chi connectivity index (χ1v) is 9.53. The van der Waals surface area contributed by atoms with Crippen molar-refractivity contribution in [1.29, 1.82) is 0 Å². The number of anilines is 2. The smallest absolute Gasteiger partial charge is 0.229 e. The van der Waals surface area contributed by atoms with Crippen LogP contribution >= 0.6 is 0 Å². The van der Waals surface area contributed by atoms with E-state index in [0.717, 1.165) is 60.0 Å². The summed E-state index contributed by atoms with van der Waals surface area (Å²) in [5.41, 5.74) is 4.50. The van der Waals surface area contributed by atoms with E-state index in [1.165, 1.54) is 12.8 Å². The van der Waals surface area contributed by atoms with Crippen LogP contribution in [0.25, 0.3) is 0 Å². The Morgan fingerprint density at radius 3 is 2.92 bits per heavy atom. The van der Waals surface area contributed by atoms with E-state index in [9.17, 15) is 4.79 Å². The second-order valence-electron chi connectivity index (χ2n) is 8.19. The average molecular weight is 352 g/mol. The fourth-order valence-corrected chi connectivity index (χ4v) is 4.26. The molecule has 1 unspecified atom stereocenters. The number of hydrogen-bond acceptors (Lipinski definition) is 5. The number of aromatic nitrogens is 2. The summed E-state index contributed by atoms with van der Waals surface area (Å²) in [5.74, 6) is 1.97. The lowest BCUT2D eigenvalue weighted by Crippen LogP contribution is -2.30. The number of nitrogens with zero attached hydrogens (tertiary/aromatic N) is 3. The van der Waals surface area contributed by atoms with Crippen molar-refractivity contribution in [1.82, 2.24) is 10.1 Å². The zero-order chi connectivity index (χ0) is 17.9. The molecule has 3 aliphatic rings. The number of fused-ring (bicyclic) bond motifs is 1. The monoisotopic (exact) mass is 352 g/mol. The molecular weight excluding hydrogens is 328 g/mol. The summed E-state index contributed by atoms with van der Waals surface area (Å²) in [7, 11) is 0. The van der Waals surface area contributed by atoms with Gasteiger partial charge in [0.15, 0.2) is 5.76 Å². The molecule has 0 saturated heterocycles. The molecule has 3 heterocycles. The zero-order valence-electron chi connectivity index (χ0n) is 15.3. The normalized spacial score (nSPS) is 22.2. The molecule has 1 aliphatic heterocycles. The summed E-state index contributed by atoms with van der Waals surface area (Å²) >= 11 is 0. The summed E-state index contributed by atoms with van der Waals surface area (Å²) in [6.07, 6.45) is 5.50. The first kappa shape index (κ1) is 15.9. The number of hydrogen-bond donors (Lipinski definition) is 1. The zero-order valence-corrected chi connectivity index (χ0v) is 15.3. The van der Waals surface area contributed by atoms with E-state index in [1.54, 1.807) is 0 Å². The molecule has 2 fully saturated rings. The Morgan fingerprint density at radius 1 is 1.38 bits per heavy atom. The number of carbonyl (C=O) groups excluding carboxylic acids is 1. The molecule has 0 bridgehead atoms. The molecule has 136 valence electrons. The molecule has 5 rings (SSSR count). The van der Waals surface area contributed by atoms with Crippen LogP contribution in [0.1, 0.15) is 48.4 Å². The number of nitrogens with one attached hydrogen (secondary N) is 1. The third-order valence-electron chi connectivity index (χ3n) is 6.11. The van der Waals surface area contributed by atoms with Gasteiger partial charge in [-0.2, -0.15) is 0 Å². The minimum atomic E-state index is 0.155. The molecule has 1 spiro atoms. The molecule has 2 aliphatic carbocycles. The van der Waals surface area contributed by atoms with Crippen LogP contribution in [0.3, 0.4) is 0 Å². The van der Waals surface area contributed by atoms with Crippen LogP contribution in [0.5, 0.6) is 0 Å². The van der Waals surface area contributed by atoms with E-state index < -0.39 is 0 Å². The third-order valence-corrected chi connectivity index (χ3v) is 6.11. The Balaban J connectivity index is 1.36. The maximum Gasteiger partial charge on any atom is 0.229 e. The molecule has 6 nitrogen and oxygen atoms in total. The van der Waals surface area contributed by atoms with Gasteiger partial charge in [0.2, 0.25) is 5.91 Å². The fraction of sp³-hybridized carbons (Fsp3) is 0.550. The van der Waals surface area contributed by atoms with Crippen LogP contribution < -0.4 is 10.2 Å². The Hall–Kier alpha value is -2.37. The summed E-state index contributed by atoms with van der Waals surface area (Å²) < 4.78 is 5.38. The van der Waals surface area contributed by atoms with Crippen molar-refractivity contribution >= 4 is 17.4 Å². The molecule has 0 aromatic carbocycles. The maximum atomic E-state index is 12.5. The van der Waals surface area contributed by atoms with Crippen LogP contribution in [0.15, 0.2) is 16.7 Å². The molecule has 1 atom stereocenters. The standard InChI is InChI=1S/C20H24N4O2/c1-12-8-17-16(4-3-7-24(17)11-14-9-13(2)23-26-14)21-18(12)22-19(25)15-10-20(15)5-6-20/h8-9,15H,3-7,10-11H2,1-2H3,(H,21,22,25). The molecular formula is C20H24N4O2. The minimum absolute atomic E-state index is 0.155. The van der Waals surface area contributed by atoms with Gasteiger partial charge in [-0.25, -0.2) is 4.98 Å². The van der Waals surface area contributed by atoms with Gasteiger partial charge in [-0.05, 0) is 63.0 Å². The van der Waals surface area contributed by atoms with Crippen LogP contribution in [-0.2, 0) is 17.8 Å². The van der Waals surface area contributed by atoms with E-state index in [0.29, 0.717) is 12.0 Å². The lowest BCUT2D eigenvalue weighted by atomic mass is 10.1. The molecule has 2 aromatic rings. The van der Waals surface area contributed by atoms with E-state index in [1.807, 2.05) is 19.9 Å². The second-order valence-corrected chi connectivity index (χ2v) is 8.19. The maximum absolute atomic E-state index is 12.5. The lowest BCUT2D eigenvalue weighted by Gasteiger charge is -2.30. The predicted molar refractivity (Wildman–Crippen MR) is 98.0 cm³/mol. The van der Waals surface area contributed by atoms with Crippen LogP contribution in [-0.4, -0.2) is 22.6 Å². The Labute approximate surface area is 153 Å². The summed E-state index contributed by atoms with van der Waals surface area (Å²) in [6, 6.07) is 4.13. The third kappa shape index (κ3) is 2.68. The molecule has 2 aromatic heterocycles. The number of carbonyl (C=O) groups is 1. The van der Waals surface area contributed by atoms with Crippen LogP contribution in [0.4, 0.5) is 11.5 Å². The van der Waals surface area contributed by atoms with Gasteiger partial charge in [0.25, 0.3) is 0 Å². The molecule has 2 saturated carbocycles. The highest BCUT2D eigenvalue weighted by molar-refractivity contribution is 5.95. The highest BCUT2D eigenvalue weighted by Gasteiger charge is 2.65. The number of pyridine rings is 1. The van der Waals surface area contributed by atoms with E-state index in [2.05, 4.69) is 21.4 Å². The van der Waals surface area contributed by atoms with Crippen molar-refractivity contribution in [2.45, 2.75) is 52.5 Å². The quantitative estimate of drug-likeness (QED) is 0.913. The highest BCUT2D eigenvalue weighted by atomic mass is 16.5. The average Bonchev–Trinajstić information content (AvgIpc) is 3.51. The predicted octanol–water partition coefficient (Wildman–Crippen LogP) is 3.38. The first-order valence-electron chi connectivity index (χ1n) is 9.53. The molecule has 6 heteroatoms. The highest BCUT2D eigenvalue weighted by Crippen LogP contribution is 2.70. The van der Waals surface area contributed by atoms with Gasteiger partial charge in [0.1, 0.15) is 5.82 Å². The molecule has 1 N–H and O–H groups in total. The van der Waals surface area contributed by atoms with E-state index in [-0.39, 0.29) is 11.8 Å². The van der Waals surface area contributed by atoms with E-state index >= 15 is 0 Å². The van der Waals surface area contributed by atoms with Crippen molar-refractivity contribution in [2.75, 3.05) is 16.8 Å². The number of amides is 1. The fourth-order valence-electron chi connectivity index (χ4n) is 4.26. The van der Waals surface area contributed by atoms with Gasteiger partial charge in [-0.15, -0.1) is 0 Å². The Morgan fingerprint density at radius 2 is 2.23 bits per heavy atom. The largest absolute Gasteiger partial charge is 0.362 e. The summed E-state index contributed by atoms with van der Waals surface area (Å²) in [6.45, 7) is 5.63. The van der Waals surface area contributed by atoms with Gasteiger partial charge in [-0.1, -0.05) is 5.16 Å². The van der Waals surface area contributed by atoms with Gasteiger partial charge in [0.05, 0.1) is 23.6 Å². The number of rotatable bonds is 4. The van der Waals surface area contributed by atoms with Gasteiger partial charge < -0.3 is 14.7 Å². The van der Waals surface area contributed by atoms with Crippen LogP contribution in [0, 0.1) is 25.2 Å². The summed E-state index contributed by atoms with van der Waals surface area (Å²) in [4.78, 5) is 19.6. The van der Waals surface area contributed by atoms with Gasteiger partial charge in [0, 0.05) is 18.5 Å². The van der Waals surface area contributed by atoms with Crippen molar-refractivity contribution < 1.29 is 9.32 Å². The van der Waals surface area contributed by atoms with Crippen molar-refractivity contribution in [3.05, 3.63) is 34.8 Å². The van der Waals surface area contributed by atoms with Crippen molar-refractivity contribution in [3.63, 3.8) is 0 Å². The van der Waals surface area contributed by atoms with E-state index in [4.69, 9.17) is 9.51 Å². The lowest BCUT2D eigenvalue weighted by molar-refractivity contribution is -0.117. The minimum Gasteiger partial charge on any atom is -0.362 e. The summed E-state index contributed by atoms with van der Waals surface area (Å²) in [5, 5.41) is 7.07. The Kier molecular flexibility index (Phi) is 3.39.